The molecule has 0 atom stereocenters. The summed E-state index contributed by atoms with van der Waals surface area (Å²) in [5.41, 5.74) is 19.0. The van der Waals surface area contributed by atoms with E-state index in [1.54, 1.807) is 0 Å². The third-order valence-electron chi connectivity index (χ3n) is 30.6. The molecule has 0 unspecified atom stereocenters. The van der Waals surface area contributed by atoms with Crippen molar-refractivity contribution in [2.24, 2.45) is 21.7 Å². The second kappa shape index (κ2) is 21.5. The number of anilines is 1. The first-order chi connectivity index (χ1) is 40.1. The number of nitrogens with zero attached hydrogens (tertiary/aromatic N) is 14. The Morgan fingerprint density at radius 1 is 0.253 bits per heavy atom. The Hall–Kier alpha value is -4.43. The van der Waals surface area contributed by atoms with Crippen molar-refractivity contribution in [3.05, 3.63) is 79.1 Å². The van der Waals surface area contributed by atoms with Gasteiger partial charge in [0.25, 0.3) is 0 Å². The topological polar surface area (TPSA) is 102 Å². The van der Waals surface area contributed by atoms with Gasteiger partial charge in [-0.1, -0.05) is 96.9 Å². The molecule has 0 radical (unpaired) electrons. The molecule has 0 bridgehead atoms. The maximum absolute atomic E-state index is 4.88. The molecule has 0 aliphatic carbocycles. The van der Waals surface area contributed by atoms with Gasteiger partial charge in [0, 0.05) is 63.6 Å². The quantitative estimate of drug-likeness (QED) is 0.150. The molecule has 0 N–H and O–H groups in total. The van der Waals surface area contributed by atoms with E-state index in [1.165, 1.54) is 62.1 Å². The molecular weight excluding hydrogens is 1120 g/mol. The summed E-state index contributed by atoms with van der Waals surface area (Å²) >= 11 is 0. The Balaban J connectivity index is 0.000000181. The van der Waals surface area contributed by atoms with Crippen LogP contribution in [0.5, 0.6) is 0 Å². The minimum atomic E-state index is -0.0899. The zero-order valence-electron chi connectivity index (χ0n) is 67.8. The summed E-state index contributed by atoms with van der Waals surface area (Å²) in [6.07, 6.45) is 0. The van der Waals surface area contributed by atoms with E-state index < -0.39 is 0 Å². The summed E-state index contributed by atoms with van der Waals surface area (Å²) in [6, 6.07) is 0. The van der Waals surface area contributed by atoms with Crippen LogP contribution in [-0.2, 0) is 44.1 Å². The van der Waals surface area contributed by atoms with Crippen molar-refractivity contribution in [2.45, 2.75) is 357 Å². The van der Waals surface area contributed by atoms with Crippen LogP contribution in [0, 0.1) is 90.9 Å². The highest BCUT2D eigenvalue weighted by Crippen LogP contribution is 2.64. The van der Waals surface area contributed by atoms with Gasteiger partial charge in [0.1, 0.15) is 11.5 Å². The zero-order valence-corrected chi connectivity index (χ0v) is 67.8. The first kappa shape index (κ1) is 75.6. The van der Waals surface area contributed by atoms with Crippen molar-refractivity contribution in [3.8, 4) is 0 Å². The van der Waals surface area contributed by atoms with E-state index in [0.717, 1.165) is 22.8 Å². The Bertz CT molecular complexity index is 3580. The van der Waals surface area contributed by atoms with Crippen LogP contribution in [0.25, 0.3) is 0 Å². The molecule has 5 aromatic heterocycles. The van der Waals surface area contributed by atoms with Gasteiger partial charge in [-0.3, -0.25) is 24.2 Å². The molecule has 91 heavy (non-hydrogen) atoms. The van der Waals surface area contributed by atoms with E-state index in [9.17, 15) is 0 Å². The smallest absolute Gasteiger partial charge is 0.130 e. The summed E-state index contributed by atoms with van der Waals surface area (Å²) in [4.78, 5) is 9.45. The molecular formula is C77H138N14. The normalized spacial score (nSPS) is 24.8. The number of hydrogen-bond acceptors (Lipinski definition) is 9. The number of aryl methyl sites for hydroxylation is 5. The molecule has 516 valence electrons. The minimum absolute atomic E-state index is 0.00262. The predicted octanol–water partition coefficient (Wildman–Crippen LogP) is 17.6. The molecule has 0 spiro atoms. The van der Waals surface area contributed by atoms with Gasteiger partial charge in [-0.05, 0) is 246 Å². The number of aromatic nitrogens is 10. The van der Waals surface area contributed by atoms with E-state index in [4.69, 9.17) is 25.5 Å². The van der Waals surface area contributed by atoms with Crippen LogP contribution < -0.4 is 9.91 Å². The van der Waals surface area contributed by atoms with Crippen LogP contribution in [0.2, 0.25) is 0 Å². The van der Waals surface area contributed by atoms with Crippen molar-refractivity contribution in [3.63, 3.8) is 0 Å². The van der Waals surface area contributed by atoms with Crippen molar-refractivity contribution >= 4 is 5.82 Å². The molecule has 0 amide bonds. The summed E-state index contributed by atoms with van der Waals surface area (Å²) in [5, 5.41) is 26.3. The molecule has 10 heterocycles. The van der Waals surface area contributed by atoms with Crippen LogP contribution in [-0.4, -0.2) is 109 Å². The first-order valence-electron chi connectivity index (χ1n) is 34.4. The lowest BCUT2D eigenvalue weighted by molar-refractivity contribution is -0.0941. The third-order valence-corrected chi connectivity index (χ3v) is 30.6. The van der Waals surface area contributed by atoms with Gasteiger partial charge in [0.2, 0.25) is 0 Å². The molecule has 14 nitrogen and oxygen atoms in total. The predicted molar refractivity (Wildman–Crippen MR) is 387 cm³/mol. The van der Waals surface area contributed by atoms with Crippen LogP contribution in [0.4, 0.5) is 5.82 Å². The summed E-state index contributed by atoms with van der Waals surface area (Å²) in [6.45, 7) is 96.2. The third kappa shape index (κ3) is 9.67. The van der Waals surface area contributed by atoms with Crippen LogP contribution in [0.1, 0.15) is 301 Å². The second-order valence-electron chi connectivity index (χ2n) is 37.3. The maximum Gasteiger partial charge on any atom is 0.130 e. The van der Waals surface area contributed by atoms with Gasteiger partial charge in [-0.15, -0.1) is 0 Å². The van der Waals surface area contributed by atoms with Crippen LogP contribution >= 0.6 is 0 Å². The Labute approximate surface area is 557 Å². The van der Waals surface area contributed by atoms with E-state index >= 15 is 0 Å². The highest BCUT2D eigenvalue weighted by molar-refractivity contribution is 5.55. The molecule has 5 aliphatic heterocycles. The Morgan fingerprint density at radius 3 is 1.04 bits per heavy atom. The van der Waals surface area contributed by atoms with Gasteiger partial charge in [0.05, 0.1) is 73.2 Å². The molecule has 0 aromatic carbocycles. The average Bonchev–Trinajstić information content (AvgIpc) is 1.71. The van der Waals surface area contributed by atoms with Gasteiger partial charge >= 0.3 is 0 Å². The average molecular weight is 1260 g/mol. The number of likely N-dealkylation sites (N-methyl/N-ethyl adjacent to an activating group) is 2. The molecule has 0 saturated carbocycles. The van der Waals surface area contributed by atoms with Gasteiger partial charge in [-0.25, -0.2) is 9.36 Å². The Kier molecular flexibility index (Phi) is 17.9. The number of fused-ring (bicyclic) bond motifs is 5. The molecule has 0 saturated heterocycles. The highest BCUT2D eigenvalue weighted by atomic mass is 15.7. The molecule has 10 rings (SSSR count). The summed E-state index contributed by atoms with van der Waals surface area (Å²) in [7, 11) is 8.77. The van der Waals surface area contributed by atoms with Gasteiger partial charge in [0.15, 0.2) is 0 Å². The van der Waals surface area contributed by atoms with E-state index in [0.29, 0.717) is 0 Å². The summed E-state index contributed by atoms with van der Waals surface area (Å²) < 4.78 is 9.02. The standard InChI is InChI=1S/C17H30N2.4C15H27N3/c1-11-12(2)18-19-13(11)14(3,4)15(5,6)16(7,8)17(19,9)10;1-10-11(2)16-18-12(10)17(9)14(5,6)13(3,4)15(18,7)8;1-10-11(2)16-18-12(10)13(3,4)17(9)14(5,6)15(18,7)8;1-10-11(2)16-18-12(10)13(3,4)14(5,6)17(9)15(18,7)8;1-10-11(2)16-18-12(10)13(3,4)14(5,6)15(7,8)17(18)9/h1-10H3;4*1-9H3. The number of hydrogen-bond donors (Lipinski definition) is 0. The summed E-state index contributed by atoms with van der Waals surface area (Å²) in [5.74, 6) is 1.27. The van der Waals surface area contributed by atoms with Crippen molar-refractivity contribution in [1.82, 2.24) is 58.8 Å². The monoisotopic (exact) mass is 1260 g/mol. The van der Waals surface area contributed by atoms with E-state index in [1.807, 2.05) is 0 Å². The molecule has 0 fully saturated rings. The lowest BCUT2D eigenvalue weighted by Gasteiger charge is -2.63. The van der Waals surface area contributed by atoms with Crippen LogP contribution in [0.3, 0.4) is 0 Å². The first-order valence-corrected chi connectivity index (χ1v) is 34.4. The zero-order chi connectivity index (χ0) is 71.4. The van der Waals surface area contributed by atoms with Gasteiger partial charge in [-0.2, -0.15) is 30.3 Å². The van der Waals surface area contributed by atoms with Gasteiger partial charge < -0.3 is 4.90 Å². The van der Waals surface area contributed by atoms with E-state index in [-0.39, 0.29) is 87.9 Å². The fourth-order valence-electron chi connectivity index (χ4n) is 16.7. The number of rotatable bonds is 0. The van der Waals surface area contributed by atoms with Crippen molar-refractivity contribution < 1.29 is 0 Å². The molecule has 14 heteroatoms. The van der Waals surface area contributed by atoms with Crippen molar-refractivity contribution in [2.75, 3.05) is 38.1 Å². The molecule has 5 aliphatic rings. The van der Waals surface area contributed by atoms with Crippen molar-refractivity contribution in [1.29, 1.82) is 0 Å². The highest BCUT2D eigenvalue weighted by Gasteiger charge is 2.63. The van der Waals surface area contributed by atoms with Crippen LogP contribution in [0.15, 0.2) is 0 Å². The minimum Gasteiger partial charge on any atom is -0.354 e. The van der Waals surface area contributed by atoms with E-state index in [2.05, 4.69) is 362 Å². The second-order valence-corrected chi connectivity index (χ2v) is 37.3. The molecule has 5 aromatic rings. The lowest BCUT2D eigenvalue weighted by Crippen LogP contribution is -2.68. The largest absolute Gasteiger partial charge is 0.354 e. The maximum atomic E-state index is 4.88. The SMILES string of the molecule is Cc1nn2c(c1C)C(C)(C)C(C)(C)C(C)(C)C2(C)C.Cc1nn2c(c1C)C(C)(C)C(C)(C)C(C)(C)N2C.Cc1nn2c(c1C)C(C)(C)C(C)(C)N(C)C2(C)C.Cc1nn2c(c1C)C(C)(C)N(C)C(C)(C)C2(C)C.Cc1nn2c(c1C)N(C)C(C)(C)C(C)(C)C2(C)C. The lowest BCUT2D eigenvalue weighted by atomic mass is 9.46. The fraction of sp³-hybridized carbons (Fsp3) is 0.805. The fourth-order valence-corrected chi connectivity index (χ4v) is 16.7. The Morgan fingerprint density at radius 2 is 0.593 bits per heavy atom.